The van der Waals surface area contributed by atoms with Crippen molar-refractivity contribution in [3.8, 4) is 0 Å². The van der Waals surface area contributed by atoms with Gasteiger partial charge in [0.15, 0.2) is 11.5 Å². The molecule has 3 rings (SSSR count). The Labute approximate surface area is 110 Å². The minimum atomic E-state index is -0.443. The molecule has 19 heavy (non-hydrogen) atoms. The molecule has 3 N–H and O–H groups in total. The number of aliphatic hydroxyl groups is 1. The van der Waals surface area contributed by atoms with Gasteiger partial charge in [-0.05, 0) is 6.42 Å². The number of anilines is 1. The minimum Gasteiger partial charge on any atom is -0.390 e. The van der Waals surface area contributed by atoms with Crippen molar-refractivity contribution in [1.29, 1.82) is 0 Å². The number of aliphatic hydroxyl groups excluding tert-OH is 1. The van der Waals surface area contributed by atoms with Crippen LogP contribution in [0.4, 0.5) is 5.82 Å². The highest BCUT2D eigenvalue weighted by atomic mass is 16.5. The van der Waals surface area contributed by atoms with E-state index in [4.69, 9.17) is 10.5 Å². The van der Waals surface area contributed by atoms with Gasteiger partial charge in [-0.15, -0.1) is 0 Å². The number of aromatic nitrogens is 4. The summed E-state index contributed by atoms with van der Waals surface area (Å²) >= 11 is 0. The lowest BCUT2D eigenvalue weighted by Gasteiger charge is -2.14. The van der Waals surface area contributed by atoms with E-state index >= 15 is 0 Å². The van der Waals surface area contributed by atoms with Crippen LogP contribution in [0.15, 0.2) is 12.7 Å². The van der Waals surface area contributed by atoms with Crippen LogP contribution < -0.4 is 5.73 Å². The van der Waals surface area contributed by atoms with E-state index in [-0.39, 0.29) is 12.3 Å². The maximum absolute atomic E-state index is 10.00. The predicted octanol–water partition coefficient (Wildman–Crippen LogP) is 0.857. The first-order valence-electron chi connectivity index (χ1n) is 6.47. The minimum absolute atomic E-state index is 0.119. The normalized spacial score (nSPS) is 27.2. The first-order valence-corrected chi connectivity index (χ1v) is 6.47. The van der Waals surface area contributed by atoms with Crippen LogP contribution in [-0.4, -0.2) is 36.8 Å². The molecule has 0 saturated carbocycles. The van der Waals surface area contributed by atoms with Crippen LogP contribution >= 0.6 is 0 Å². The molecule has 3 atom stereocenters. The molecule has 0 amide bonds. The van der Waals surface area contributed by atoms with Gasteiger partial charge in [0.05, 0.1) is 18.5 Å². The zero-order valence-electron chi connectivity index (χ0n) is 10.7. The summed E-state index contributed by atoms with van der Waals surface area (Å²) in [7, 11) is 0. The molecule has 1 unspecified atom stereocenters. The molecular formula is C12H17N5O2. The molecule has 0 spiro atoms. The lowest BCUT2D eigenvalue weighted by atomic mass is 10.1. The van der Waals surface area contributed by atoms with Crippen molar-refractivity contribution < 1.29 is 9.84 Å². The molecule has 2 aromatic rings. The summed E-state index contributed by atoms with van der Waals surface area (Å²) in [4.78, 5) is 12.3. The summed E-state index contributed by atoms with van der Waals surface area (Å²) in [6, 6.07) is 0. The van der Waals surface area contributed by atoms with E-state index in [1.54, 1.807) is 6.33 Å². The van der Waals surface area contributed by atoms with Crippen LogP contribution in [0.5, 0.6) is 0 Å². The van der Waals surface area contributed by atoms with E-state index in [9.17, 15) is 5.11 Å². The molecule has 0 bridgehead atoms. The Bertz CT molecular complexity index is 585. The van der Waals surface area contributed by atoms with Gasteiger partial charge >= 0.3 is 0 Å². The smallest absolute Gasteiger partial charge is 0.167 e. The third-order valence-corrected chi connectivity index (χ3v) is 3.47. The Kier molecular flexibility index (Phi) is 3.08. The van der Waals surface area contributed by atoms with Gasteiger partial charge in [-0.3, -0.25) is 4.57 Å². The van der Waals surface area contributed by atoms with Crippen LogP contribution in [0.3, 0.4) is 0 Å². The maximum Gasteiger partial charge on any atom is 0.167 e. The second-order valence-electron chi connectivity index (χ2n) is 4.80. The number of ether oxygens (including phenoxy) is 1. The van der Waals surface area contributed by atoms with Crippen molar-refractivity contribution in [2.45, 2.75) is 44.6 Å². The maximum atomic E-state index is 10.00. The molecule has 7 heteroatoms. The Balaban J connectivity index is 1.91. The average molecular weight is 263 g/mol. The van der Waals surface area contributed by atoms with Gasteiger partial charge in [0, 0.05) is 6.42 Å². The molecule has 0 aliphatic carbocycles. The summed E-state index contributed by atoms with van der Waals surface area (Å²) in [5, 5.41) is 10.00. The number of imidazole rings is 1. The van der Waals surface area contributed by atoms with Crippen LogP contribution in [0.1, 0.15) is 32.4 Å². The number of fused-ring (bicyclic) bond motifs is 1. The van der Waals surface area contributed by atoms with E-state index < -0.39 is 6.10 Å². The van der Waals surface area contributed by atoms with Crippen molar-refractivity contribution in [2.24, 2.45) is 0 Å². The number of hydrogen-bond donors (Lipinski definition) is 2. The Morgan fingerprint density at radius 3 is 3.11 bits per heavy atom. The standard InChI is InChI=1S/C12H17N5O2/c1-2-3-8-7(18)4-9(19-8)17-6-16-10-11(13)14-5-15-12(10)17/h5-9,18H,2-4H2,1H3,(H2,13,14,15)/t7?,8-,9-/m1/s1. The van der Waals surface area contributed by atoms with Crippen LogP contribution in [0.25, 0.3) is 11.2 Å². The summed E-state index contributed by atoms with van der Waals surface area (Å²) in [6.45, 7) is 2.07. The lowest BCUT2D eigenvalue weighted by molar-refractivity contribution is -0.0210. The fourth-order valence-corrected chi connectivity index (χ4v) is 2.51. The average Bonchev–Trinajstić information content (AvgIpc) is 2.95. The van der Waals surface area contributed by atoms with Gasteiger partial charge in [0.25, 0.3) is 0 Å². The molecule has 2 aromatic heterocycles. The molecule has 1 aliphatic heterocycles. The number of nitrogens with two attached hydrogens (primary N) is 1. The van der Waals surface area contributed by atoms with E-state index in [1.807, 2.05) is 4.57 Å². The Morgan fingerprint density at radius 2 is 2.32 bits per heavy atom. The SMILES string of the molecule is CCC[C@H]1O[C@@H](n2cnc3c(N)ncnc32)CC1O. The fourth-order valence-electron chi connectivity index (χ4n) is 2.51. The van der Waals surface area contributed by atoms with E-state index in [2.05, 4.69) is 21.9 Å². The highest BCUT2D eigenvalue weighted by Crippen LogP contribution is 2.32. The highest BCUT2D eigenvalue weighted by molar-refractivity contribution is 5.81. The van der Waals surface area contributed by atoms with Gasteiger partial charge in [-0.2, -0.15) is 0 Å². The van der Waals surface area contributed by atoms with Crippen LogP contribution in [0.2, 0.25) is 0 Å². The van der Waals surface area contributed by atoms with Crippen molar-refractivity contribution in [3.63, 3.8) is 0 Å². The molecule has 7 nitrogen and oxygen atoms in total. The van der Waals surface area contributed by atoms with Crippen molar-refractivity contribution in [1.82, 2.24) is 19.5 Å². The summed E-state index contributed by atoms with van der Waals surface area (Å²) in [6.07, 6.45) is 4.61. The number of rotatable bonds is 3. The monoisotopic (exact) mass is 263 g/mol. The molecule has 1 fully saturated rings. The van der Waals surface area contributed by atoms with E-state index in [1.165, 1.54) is 6.33 Å². The van der Waals surface area contributed by atoms with E-state index in [0.29, 0.717) is 23.4 Å². The zero-order chi connectivity index (χ0) is 13.4. The Hall–Kier alpha value is -1.73. The second-order valence-corrected chi connectivity index (χ2v) is 4.80. The molecule has 1 aliphatic rings. The third-order valence-electron chi connectivity index (χ3n) is 3.47. The van der Waals surface area contributed by atoms with Crippen molar-refractivity contribution in [3.05, 3.63) is 12.7 Å². The zero-order valence-corrected chi connectivity index (χ0v) is 10.7. The molecule has 3 heterocycles. The largest absolute Gasteiger partial charge is 0.390 e. The van der Waals surface area contributed by atoms with Gasteiger partial charge in [0.2, 0.25) is 0 Å². The lowest BCUT2D eigenvalue weighted by Crippen LogP contribution is -2.20. The van der Waals surface area contributed by atoms with Gasteiger partial charge in [-0.25, -0.2) is 15.0 Å². The fraction of sp³-hybridized carbons (Fsp3) is 0.583. The summed E-state index contributed by atoms with van der Waals surface area (Å²) < 4.78 is 7.69. The quantitative estimate of drug-likeness (QED) is 0.852. The second kappa shape index (κ2) is 4.75. The van der Waals surface area contributed by atoms with Gasteiger partial charge in [0.1, 0.15) is 18.1 Å². The van der Waals surface area contributed by atoms with Crippen LogP contribution in [-0.2, 0) is 4.74 Å². The number of hydrogen-bond acceptors (Lipinski definition) is 6. The predicted molar refractivity (Wildman–Crippen MR) is 69.2 cm³/mol. The highest BCUT2D eigenvalue weighted by Gasteiger charge is 2.35. The molecule has 0 aromatic carbocycles. The first-order chi connectivity index (χ1) is 9.20. The molecular weight excluding hydrogens is 246 g/mol. The number of nitrogen functional groups attached to an aromatic ring is 1. The molecule has 102 valence electrons. The summed E-state index contributed by atoms with van der Waals surface area (Å²) in [5.41, 5.74) is 6.96. The topological polar surface area (TPSA) is 99.1 Å². The van der Waals surface area contributed by atoms with Gasteiger partial charge < -0.3 is 15.6 Å². The first kappa shape index (κ1) is 12.3. The van der Waals surface area contributed by atoms with Crippen LogP contribution in [0, 0.1) is 0 Å². The van der Waals surface area contributed by atoms with Gasteiger partial charge in [-0.1, -0.05) is 13.3 Å². The third kappa shape index (κ3) is 2.04. The van der Waals surface area contributed by atoms with Crippen molar-refractivity contribution in [2.75, 3.05) is 5.73 Å². The van der Waals surface area contributed by atoms with E-state index in [0.717, 1.165) is 12.8 Å². The molecule has 0 radical (unpaired) electrons. The number of nitrogens with zero attached hydrogens (tertiary/aromatic N) is 4. The summed E-state index contributed by atoms with van der Waals surface area (Å²) in [5.74, 6) is 0.354. The van der Waals surface area contributed by atoms with Crippen molar-refractivity contribution >= 4 is 17.0 Å². The molecule has 1 saturated heterocycles. The Morgan fingerprint density at radius 1 is 1.47 bits per heavy atom.